The SMILES string of the molecule is O=C(Nc1cccc(CN2C(=O)CNC2=O)c1)c1cccc(S(=O)(=O)F)c1. The lowest BCUT2D eigenvalue weighted by Crippen LogP contribution is -2.30. The highest BCUT2D eigenvalue weighted by molar-refractivity contribution is 7.86. The first-order valence-corrected chi connectivity index (χ1v) is 9.15. The number of nitrogens with one attached hydrogen (secondary N) is 2. The van der Waals surface area contributed by atoms with Crippen LogP contribution >= 0.6 is 0 Å². The van der Waals surface area contributed by atoms with Gasteiger partial charge in [0.15, 0.2) is 0 Å². The topological polar surface area (TPSA) is 113 Å². The van der Waals surface area contributed by atoms with Crippen molar-refractivity contribution in [3.63, 3.8) is 0 Å². The summed E-state index contributed by atoms with van der Waals surface area (Å²) < 4.78 is 35.0. The summed E-state index contributed by atoms with van der Waals surface area (Å²) in [5.74, 6) is -0.980. The molecule has 0 aliphatic carbocycles. The Labute approximate surface area is 154 Å². The standard InChI is InChI=1S/C17H14FN3O5S/c18-27(25,26)14-6-2-4-12(8-14)16(23)20-13-5-1-3-11(7-13)10-21-15(22)9-19-17(21)24/h1-8H,9-10H2,(H,19,24)(H,20,23). The van der Waals surface area contributed by atoms with Gasteiger partial charge in [-0.2, -0.15) is 8.42 Å². The molecule has 0 radical (unpaired) electrons. The quantitative estimate of drug-likeness (QED) is 0.594. The lowest BCUT2D eigenvalue weighted by molar-refractivity contribution is -0.125. The van der Waals surface area contributed by atoms with Crippen LogP contribution in [0.15, 0.2) is 53.4 Å². The zero-order chi connectivity index (χ0) is 19.6. The smallest absolute Gasteiger partial charge is 0.329 e. The van der Waals surface area contributed by atoms with Crippen molar-refractivity contribution < 1.29 is 26.7 Å². The number of benzene rings is 2. The highest BCUT2D eigenvalue weighted by atomic mass is 32.3. The highest BCUT2D eigenvalue weighted by Crippen LogP contribution is 2.18. The zero-order valence-electron chi connectivity index (χ0n) is 13.8. The summed E-state index contributed by atoms with van der Waals surface area (Å²) >= 11 is 0. The number of hydrogen-bond donors (Lipinski definition) is 2. The average molecular weight is 391 g/mol. The van der Waals surface area contributed by atoms with E-state index in [1.165, 1.54) is 12.1 Å². The molecule has 0 atom stereocenters. The number of amides is 4. The molecular weight excluding hydrogens is 377 g/mol. The van der Waals surface area contributed by atoms with Crippen molar-refractivity contribution in [2.24, 2.45) is 0 Å². The summed E-state index contributed by atoms with van der Waals surface area (Å²) in [4.78, 5) is 36.0. The van der Waals surface area contributed by atoms with E-state index in [9.17, 15) is 26.7 Å². The molecule has 2 aromatic rings. The van der Waals surface area contributed by atoms with Crippen LogP contribution in [0.2, 0.25) is 0 Å². The fourth-order valence-corrected chi connectivity index (χ4v) is 3.05. The van der Waals surface area contributed by atoms with Crippen molar-refractivity contribution in [3.05, 3.63) is 59.7 Å². The zero-order valence-corrected chi connectivity index (χ0v) is 14.6. The second kappa shape index (κ2) is 7.16. The van der Waals surface area contributed by atoms with E-state index >= 15 is 0 Å². The Kier molecular flexibility index (Phi) is 4.91. The minimum Gasteiger partial charge on any atom is -0.329 e. The first-order valence-electron chi connectivity index (χ1n) is 7.77. The van der Waals surface area contributed by atoms with E-state index < -0.39 is 27.1 Å². The fraction of sp³-hybridized carbons (Fsp3) is 0.118. The van der Waals surface area contributed by atoms with Gasteiger partial charge >= 0.3 is 16.3 Å². The van der Waals surface area contributed by atoms with Gasteiger partial charge in [-0.15, -0.1) is 3.89 Å². The van der Waals surface area contributed by atoms with E-state index in [1.54, 1.807) is 24.3 Å². The maximum absolute atomic E-state index is 13.1. The summed E-state index contributed by atoms with van der Waals surface area (Å²) in [5, 5.41) is 4.98. The molecule has 2 aromatic carbocycles. The van der Waals surface area contributed by atoms with Crippen molar-refractivity contribution in [2.75, 3.05) is 11.9 Å². The lowest BCUT2D eigenvalue weighted by atomic mass is 10.1. The molecule has 0 aromatic heterocycles. The third-order valence-electron chi connectivity index (χ3n) is 3.84. The normalized spacial score (nSPS) is 14.2. The van der Waals surface area contributed by atoms with E-state index in [0.29, 0.717) is 11.3 Å². The number of nitrogens with zero attached hydrogens (tertiary/aromatic N) is 1. The van der Waals surface area contributed by atoms with Crippen molar-refractivity contribution in [2.45, 2.75) is 11.4 Å². The predicted octanol–water partition coefficient (Wildman–Crippen LogP) is 1.65. The fourth-order valence-electron chi connectivity index (χ4n) is 2.54. The van der Waals surface area contributed by atoms with Gasteiger partial charge in [0.05, 0.1) is 18.0 Å². The van der Waals surface area contributed by atoms with Crippen molar-refractivity contribution in [1.82, 2.24) is 10.2 Å². The molecule has 1 aliphatic rings. The number of urea groups is 1. The molecule has 0 saturated carbocycles. The summed E-state index contributed by atoms with van der Waals surface area (Å²) in [6.45, 7) is -0.00691. The van der Waals surface area contributed by atoms with Crippen LogP contribution in [0.5, 0.6) is 0 Å². The summed E-state index contributed by atoms with van der Waals surface area (Å²) in [6, 6.07) is 10.6. The molecular formula is C17H14FN3O5S. The number of carbonyl (C=O) groups is 3. The van der Waals surface area contributed by atoms with Gasteiger partial charge in [0.1, 0.15) is 0 Å². The van der Waals surface area contributed by atoms with Gasteiger partial charge < -0.3 is 10.6 Å². The van der Waals surface area contributed by atoms with E-state index in [2.05, 4.69) is 10.6 Å². The second-order valence-electron chi connectivity index (χ2n) is 5.76. The van der Waals surface area contributed by atoms with Gasteiger partial charge in [-0.1, -0.05) is 18.2 Å². The van der Waals surface area contributed by atoms with Crippen LogP contribution in [0, 0.1) is 0 Å². The third-order valence-corrected chi connectivity index (χ3v) is 4.66. The van der Waals surface area contributed by atoms with Crippen molar-refractivity contribution in [1.29, 1.82) is 0 Å². The van der Waals surface area contributed by atoms with Crippen molar-refractivity contribution in [3.8, 4) is 0 Å². The van der Waals surface area contributed by atoms with Gasteiger partial charge in [0, 0.05) is 11.3 Å². The summed E-state index contributed by atoms with van der Waals surface area (Å²) in [7, 11) is -4.92. The number of carbonyl (C=O) groups excluding carboxylic acids is 3. The highest BCUT2D eigenvalue weighted by Gasteiger charge is 2.28. The summed E-state index contributed by atoms with van der Waals surface area (Å²) in [5.41, 5.74) is 0.949. The van der Waals surface area contributed by atoms with Crippen LogP contribution < -0.4 is 10.6 Å². The number of halogens is 1. The molecule has 2 N–H and O–H groups in total. The van der Waals surface area contributed by atoms with Gasteiger partial charge in [-0.3, -0.25) is 14.5 Å². The Morgan fingerprint density at radius 1 is 1.15 bits per heavy atom. The first kappa shape index (κ1) is 18.5. The largest absolute Gasteiger partial charge is 0.332 e. The van der Waals surface area contributed by atoms with Crippen LogP contribution in [0.4, 0.5) is 14.4 Å². The van der Waals surface area contributed by atoms with Gasteiger partial charge in [-0.25, -0.2) is 4.79 Å². The van der Waals surface area contributed by atoms with Crippen LogP contribution in [0.3, 0.4) is 0 Å². The number of rotatable bonds is 5. The Morgan fingerprint density at radius 2 is 1.89 bits per heavy atom. The Hall–Kier alpha value is -3.27. The number of imide groups is 1. The predicted molar refractivity (Wildman–Crippen MR) is 93.1 cm³/mol. The first-order chi connectivity index (χ1) is 12.7. The van der Waals surface area contributed by atoms with E-state index in [-0.39, 0.29) is 24.6 Å². The molecule has 1 heterocycles. The molecule has 0 bridgehead atoms. The van der Waals surface area contributed by atoms with Crippen LogP contribution in [-0.2, 0) is 21.6 Å². The molecule has 27 heavy (non-hydrogen) atoms. The Morgan fingerprint density at radius 3 is 2.56 bits per heavy atom. The van der Waals surface area contributed by atoms with E-state index in [4.69, 9.17) is 0 Å². The van der Waals surface area contributed by atoms with Gasteiger partial charge in [0.25, 0.3) is 5.91 Å². The molecule has 4 amide bonds. The van der Waals surface area contributed by atoms with Gasteiger partial charge in [-0.05, 0) is 35.9 Å². The van der Waals surface area contributed by atoms with E-state index in [1.807, 2.05) is 0 Å². The van der Waals surface area contributed by atoms with Crippen LogP contribution in [-0.4, -0.2) is 37.7 Å². The molecule has 1 aliphatic heterocycles. The lowest BCUT2D eigenvalue weighted by Gasteiger charge is -2.13. The molecule has 1 saturated heterocycles. The third kappa shape index (κ3) is 4.29. The van der Waals surface area contributed by atoms with Crippen molar-refractivity contribution >= 4 is 33.8 Å². The number of anilines is 1. The average Bonchev–Trinajstić information content (AvgIpc) is 2.93. The maximum atomic E-state index is 13.1. The summed E-state index contributed by atoms with van der Waals surface area (Å²) in [6.07, 6.45) is 0. The monoisotopic (exact) mass is 391 g/mol. The Bertz CT molecular complexity index is 1020. The minimum absolute atomic E-state index is 0.0340. The minimum atomic E-state index is -4.92. The number of hydrogen-bond acceptors (Lipinski definition) is 5. The molecule has 140 valence electrons. The van der Waals surface area contributed by atoms with Crippen LogP contribution in [0.1, 0.15) is 15.9 Å². The Balaban J connectivity index is 1.75. The molecule has 0 unspecified atom stereocenters. The van der Waals surface area contributed by atoms with Gasteiger partial charge in [0.2, 0.25) is 5.91 Å². The molecule has 8 nitrogen and oxygen atoms in total. The molecule has 10 heteroatoms. The maximum Gasteiger partial charge on any atom is 0.332 e. The second-order valence-corrected chi connectivity index (χ2v) is 7.11. The van der Waals surface area contributed by atoms with E-state index in [0.717, 1.165) is 17.0 Å². The van der Waals surface area contributed by atoms with Crippen LogP contribution in [0.25, 0.3) is 0 Å². The molecule has 3 rings (SSSR count). The molecule has 1 fully saturated rings. The molecule has 0 spiro atoms.